The fourth-order valence-electron chi connectivity index (χ4n) is 1.65. The summed E-state index contributed by atoms with van der Waals surface area (Å²) in [6.45, 7) is 4.19. The maximum atomic E-state index is 8.97. The average Bonchev–Trinajstić information content (AvgIpc) is 2.16. The molecular weight excluding hydrogens is 162 g/mol. The van der Waals surface area contributed by atoms with Gasteiger partial charge < -0.3 is 10.8 Å². The van der Waals surface area contributed by atoms with E-state index in [0.29, 0.717) is 0 Å². The van der Waals surface area contributed by atoms with Crippen LogP contribution in [0, 0.1) is 6.92 Å². The molecule has 0 unspecified atom stereocenters. The average molecular weight is 179 g/mol. The minimum atomic E-state index is -0.241. The second-order valence-electron chi connectivity index (χ2n) is 3.29. The summed E-state index contributed by atoms with van der Waals surface area (Å²) < 4.78 is 0. The number of hydrogen-bond donors (Lipinski definition) is 2. The highest BCUT2D eigenvalue weighted by Gasteiger charge is 2.09. The van der Waals surface area contributed by atoms with E-state index in [0.717, 1.165) is 12.0 Å². The molecule has 1 aromatic carbocycles. The van der Waals surface area contributed by atoms with Crippen LogP contribution < -0.4 is 5.73 Å². The van der Waals surface area contributed by atoms with Crippen molar-refractivity contribution in [3.8, 4) is 0 Å². The van der Waals surface area contributed by atoms with Gasteiger partial charge in [0.2, 0.25) is 0 Å². The summed E-state index contributed by atoms with van der Waals surface area (Å²) in [6.07, 6.45) is 0.968. The molecule has 2 nitrogen and oxygen atoms in total. The molecule has 2 heteroatoms. The van der Waals surface area contributed by atoms with Crippen LogP contribution in [0.1, 0.15) is 29.7 Å². The standard InChI is InChI=1S/C11H17NO/c1-3-9-8(2)5-4-6-10(9)11(12)7-13/h4-6,11,13H,3,7,12H2,1-2H3/t11-/m1/s1. The Labute approximate surface area is 79.4 Å². The summed E-state index contributed by atoms with van der Waals surface area (Å²) >= 11 is 0. The molecule has 72 valence electrons. The lowest BCUT2D eigenvalue weighted by atomic mass is 9.95. The van der Waals surface area contributed by atoms with Crippen molar-refractivity contribution in [1.82, 2.24) is 0 Å². The van der Waals surface area contributed by atoms with Gasteiger partial charge in [-0.15, -0.1) is 0 Å². The zero-order valence-electron chi connectivity index (χ0n) is 8.25. The molecule has 0 aliphatic heterocycles. The van der Waals surface area contributed by atoms with Crippen LogP contribution in [0.3, 0.4) is 0 Å². The van der Waals surface area contributed by atoms with Gasteiger partial charge in [-0.1, -0.05) is 25.1 Å². The Morgan fingerprint density at radius 1 is 1.46 bits per heavy atom. The molecule has 0 aliphatic rings. The molecule has 0 amide bonds. The van der Waals surface area contributed by atoms with E-state index in [-0.39, 0.29) is 12.6 Å². The molecule has 13 heavy (non-hydrogen) atoms. The van der Waals surface area contributed by atoms with E-state index in [2.05, 4.69) is 19.9 Å². The summed E-state index contributed by atoms with van der Waals surface area (Å²) in [6, 6.07) is 5.81. The lowest BCUT2D eigenvalue weighted by Gasteiger charge is -2.15. The van der Waals surface area contributed by atoms with Crippen molar-refractivity contribution in [3.63, 3.8) is 0 Å². The zero-order chi connectivity index (χ0) is 9.84. The molecule has 0 saturated heterocycles. The Hall–Kier alpha value is -0.860. The lowest BCUT2D eigenvalue weighted by Crippen LogP contribution is -2.16. The van der Waals surface area contributed by atoms with E-state index in [1.54, 1.807) is 0 Å². The predicted molar refractivity (Wildman–Crippen MR) is 54.6 cm³/mol. The van der Waals surface area contributed by atoms with Crippen molar-refractivity contribution in [2.45, 2.75) is 26.3 Å². The normalized spacial score (nSPS) is 12.9. The highest BCUT2D eigenvalue weighted by atomic mass is 16.3. The number of benzene rings is 1. The summed E-state index contributed by atoms with van der Waals surface area (Å²) in [4.78, 5) is 0. The predicted octanol–water partition coefficient (Wildman–Crippen LogP) is 1.55. The molecule has 0 radical (unpaired) electrons. The number of aliphatic hydroxyl groups is 1. The largest absolute Gasteiger partial charge is 0.394 e. The lowest BCUT2D eigenvalue weighted by molar-refractivity contribution is 0.267. The summed E-state index contributed by atoms with van der Waals surface area (Å²) in [5.41, 5.74) is 9.38. The number of hydrogen-bond acceptors (Lipinski definition) is 2. The molecule has 3 N–H and O–H groups in total. The molecule has 0 aliphatic carbocycles. The zero-order valence-corrected chi connectivity index (χ0v) is 8.25. The molecular formula is C11H17NO. The summed E-state index contributed by atoms with van der Waals surface area (Å²) in [7, 11) is 0. The minimum Gasteiger partial charge on any atom is -0.394 e. The fourth-order valence-corrected chi connectivity index (χ4v) is 1.65. The van der Waals surface area contributed by atoms with Crippen LogP contribution in [0.15, 0.2) is 18.2 Å². The van der Waals surface area contributed by atoms with E-state index in [1.807, 2.05) is 12.1 Å². The number of rotatable bonds is 3. The first-order chi connectivity index (χ1) is 6.20. The molecule has 1 atom stereocenters. The topological polar surface area (TPSA) is 46.2 Å². The van der Waals surface area contributed by atoms with Crippen molar-refractivity contribution in [1.29, 1.82) is 0 Å². The smallest absolute Gasteiger partial charge is 0.0624 e. The molecule has 0 fully saturated rings. The molecule has 1 rings (SSSR count). The van der Waals surface area contributed by atoms with Crippen LogP contribution in [-0.2, 0) is 6.42 Å². The van der Waals surface area contributed by atoms with Gasteiger partial charge in [-0.2, -0.15) is 0 Å². The first-order valence-electron chi connectivity index (χ1n) is 4.65. The molecule has 1 aromatic rings. The highest BCUT2D eigenvalue weighted by Crippen LogP contribution is 2.19. The van der Waals surface area contributed by atoms with Gasteiger partial charge in [0.05, 0.1) is 12.6 Å². The molecule has 0 saturated carbocycles. The van der Waals surface area contributed by atoms with Crippen LogP contribution in [0.5, 0.6) is 0 Å². The third-order valence-corrected chi connectivity index (χ3v) is 2.40. The first kappa shape index (κ1) is 10.2. The number of nitrogens with two attached hydrogens (primary N) is 1. The molecule has 0 heterocycles. The Bertz CT molecular complexity index is 283. The van der Waals surface area contributed by atoms with Gasteiger partial charge in [-0.3, -0.25) is 0 Å². The van der Waals surface area contributed by atoms with E-state index < -0.39 is 0 Å². The molecule has 0 spiro atoms. The Morgan fingerprint density at radius 3 is 2.69 bits per heavy atom. The van der Waals surface area contributed by atoms with E-state index in [9.17, 15) is 0 Å². The van der Waals surface area contributed by atoms with Gasteiger partial charge in [-0.25, -0.2) is 0 Å². The van der Waals surface area contributed by atoms with Gasteiger partial charge >= 0.3 is 0 Å². The Morgan fingerprint density at radius 2 is 2.15 bits per heavy atom. The third-order valence-electron chi connectivity index (χ3n) is 2.40. The van der Waals surface area contributed by atoms with Gasteiger partial charge in [0, 0.05) is 0 Å². The van der Waals surface area contributed by atoms with Gasteiger partial charge in [0.1, 0.15) is 0 Å². The van der Waals surface area contributed by atoms with Crippen LogP contribution in [-0.4, -0.2) is 11.7 Å². The van der Waals surface area contributed by atoms with Crippen LogP contribution in [0.2, 0.25) is 0 Å². The van der Waals surface area contributed by atoms with Gasteiger partial charge in [0.15, 0.2) is 0 Å². The van der Waals surface area contributed by atoms with E-state index in [4.69, 9.17) is 10.8 Å². The quantitative estimate of drug-likeness (QED) is 0.739. The monoisotopic (exact) mass is 179 g/mol. The maximum Gasteiger partial charge on any atom is 0.0624 e. The molecule has 0 bridgehead atoms. The van der Waals surface area contributed by atoms with Gasteiger partial charge in [0.25, 0.3) is 0 Å². The first-order valence-corrected chi connectivity index (χ1v) is 4.65. The molecule has 0 aromatic heterocycles. The van der Waals surface area contributed by atoms with Crippen LogP contribution >= 0.6 is 0 Å². The van der Waals surface area contributed by atoms with Crippen molar-refractivity contribution >= 4 is 0 Å². The van der Waals surface area contributed by atoms with Crippen LogP contribution in [0.25, 0.3) is 0 Å². The fraction of sp³-hybridized carbons (Fsp3) is 0.455. The highest BCUT2D eigenvalue weighted by molar-refractivity contribution is 5.36. The Kier molecular flexibility index (Phi) is 3.46. The summed E-state index contributed by atoms with van der Waals surface area (Å²) in [5.74, 6) is 0. The maximum absolute atomic E-state index is 8.97. The van der Waals surface area contributed by atoms with E-state index in [1.165, 1.54) is 11.1 Å². The number of aryl methyl sites for hydroxylation is 1. The van der Waals surface area contributed by atoms with Crippen molar-refractivity contribution in [3.05, 3.63) is 34.9 Å². The SMILES string of the molecule is CCc1c(C)cccc1[C@H](N)CO. The Balaban J connectivity index is 3.12. The van der Waals surface area contributed by atoms with Crippen molar-refractivity contribution < 1.29 is 5.11 Å². The summed E-state index contributed by atoms with van der Waals surface area (Å²) in [5, 5.41) is 8.97. The van der Waals surface area contributed by atoms with Crippen molar-refractivity contribution in [2.75, 3.05) is 6.61 Å². The minimum absolute atomic E-state index is 0.0104. The second-order valence-corrected chi connectivity index (χ2v) is 3.29. The van der Waals surface area contributed by atoms with E-state index >= 15 is 0 Å². The third kappa shape index (κ3) is 2.08. The second kappa shape index (κ2) is 4.40. The van der Waals surface area contributed by atoms with Crippen molar-refractivity contribution in [2.24, 2.45) is 5.73 Å². The van der Waals surface area contributed by atoms with Crippen LogP contribution in [0.4, 0.5) is 0 Å². The van der Waals surface area contributed by atoms with Gasteiger partial charge in [-0.05, 0) is 30.0 Å². The number of aliphatic hydroxyl groups excluding tert-OH is 1.